The minimum atomic E-state index is -0.141. The summed E-state index contributed by atoms with van der Waals surface area (Å²) < 4.78 is 3.31. The number of hydrogen-bond donors (Lipinski definition) is 0. The first-order valence-electron chi connectivity index (χ1n) is 10.5. The summed E-state index contributed by atoms with van der Waals surface area (Å²) in [5, 5.41) is 0. The molecule has 6 heteroatoms. The van der Waals surface area contributed by atoms with Crippen molar-refractivity contribution in [2.75, 3.05) is 0 Å². The molecule has 2 aromatic carbocycles. The maximum absolute atomic E-state index is 13.8. The van der Waals surface area contributed by atoms with Crippen LogP contribution in [0.25, 0.3) is 0 Å². The molecule has 0 aliphatic carbocycles. The van der Waals surface area contributed by atoms with E-state index < -0.39 is 0 Å². The molecule has 1 aromatic heterocycles. The standard InChI is InChI=1S/C25H30N2O2S2/c1-18(2)16-26-23(28)21(30-19-12-8-6-9-13-19)22(31-20-14-10-7-11-15-20)24(29)27(26)17-25(3,4)5/h6-15,18H,16-17H2,1-5H3. The average molecular weight is 455 g/mol. The Morgan fingerprint density at radius 2 is 1.16 bits per heavy atom. The minimum Gasteiger partial charge on any atom is -0.267 e. The third-order valence-electron chi connectivity index (χ3n) is 4.44. The van der Waals surface area contributed by atoms with E-state index in [9.17, 15) is 9.59 Å². The fourth-order valence-corrected chi connectivity index (χ4v) is 5.23. The summed E-state index contributed by atoms with van der Waals surface area (Å²) in [6.45, 7) is 11.4. The number of aromatic nitrogens is 2. The number of benzene rings is 2. The fraction of sp³-hybridized carbons (Fsp3) is 0.360. The number of hydrogen-bond acceptors (Lipinski definition) is 4. The molecule has 0 atom stereocenters. The Morgan fingerprint density at radius 1 is 0.742 bits per heavy atom. The third kappa shape index (κ3) is 6.17. The van der Waals surface area contributed by atoms with E-state index in [2.05, 4.69) is 34.6 Å². The van der Waals surface area contributed by atoms with Gasteiger partial charge in [-0.2, -0.15) is 0 Å². The molecule has 0 fully saturated rings. The highest BCUT2D eigenvalue weighted by molar-refractivity contribution is 8.02. The molecule has 0 amide bonds. The Hall–Kier alpha value is -2.18. The summed E-state index contributed by atoms with van der Waals surface area (Å²) in [5.41, 5.74) is -0.357. The van der Waals surface area contributed by atoms with Crippen LogP contribution in [0.1, 0.15) is 34.6 Å². The van der Waals surface area contributed by atoms with Gasteiger partial charge in [0.25, 0.3) is 11.1 Å². The van der Waals surface area contributed by atoms with Gasteiger partial charge in [0.05, 0.1) is 9.79 Å². The van der Waals surface area contributed by atoms with E-state index in [1.54, 1.807) is 9.36 Å². The smallest absolute Gasteiger partial charge is 0.267 e. The SMILES string of the molecule is CC(C)Cn1c(=O)c(Sc2ccccc2)c(Sc2ccccc2)c(=O)n1CC(C)(C)C. The summed E-state index contributed by atoms with van der Waals surface area (Å²) in [6, 6.07) is 19.5. The molecule has 3 aromatic rings. The van der Waals surface area contributed by atoms with E-state index in [0.29, 0.717) is 22.9 Å². The van der Waals surface area contributed by atoms with Gasteiger partial charge >= 0.3 is 0 Å². The maximum atomic E-state index is 13.8. The minimum absolute atomic E-state index is 0.107. The summed E-state index contributed by atoms with van der Waals surface area (Å²) in [4.78, 5) is 30.4. The first-order valence-corrected chi connectivity index (χ1v) is 12.1. The Morgan fingerprint density at radius 3 is 1.55 bits per heavy atom. The van der Waals surface area contributed by atoms with Gasteiger partial charge in [-0.05, 0) is 35.6 Å². The lowest BCUT2D eigenvalue weighted by Crippen LogP contribution is -2.43. The Bertz CT molecular complexity index is 1130. The van der Waals surface area contributed by atoms with Crippen molar-refractivity contribution in [2.45, 2.75) is 67.3 Å². The second kappa shape index (κ2) is 9.96. The third-order valence-corrected chi connectivity index (χ3v) is 6.75. The molecule has 164 valence electrons. The molecular formula is C25H30N2O2S2. The lowest BCUT2D eigenvalue weighted by molar-refractivity contribution is 0.257. The predicted molar refractivity (Wildman–Crippen MR) is 130 cm³/mol. The van der Waals surface area contributed by atoms with E-state index in [4.69, 9.17) is 0 Å². The van der Waals surface area contributed by atoms with Crippen molar-refractivity contribution in [1.29, 1.82) is 0 Å². The van der Waals surface area contributed by atoms with Crippen LogP contribution in [0.15, 0.2) is 89.8 Å². The molecule has 31 heavy (non-hydrogen) atoms. The van der Waals surface area contributed by atoms with Crippen molar-refractivity contribution in [3.05, 3.63) is 81.4 Å². The molecule has 0 saturated heterocycles. The second-order valence-electron chi connectivity index (χ2n) is 9.19. The molecule has 0 aliphatic heterocycles. The van der Waals surface area contributed by atoms with Crippen LogP contribution in [-0.4, -0.2) is 9.36 Å². The molecule has 3 rings (SSSR count). The molecule has 0 radical (unpaired) electrons. The molecular weight excluding hydrogens is 424 g/mol. The van der Waals surface area contributed by atoms with Crippen LogP contribution in [0.3, 0.4) is 0 Å². The van der Waals surface area contributed by atoms with Gasteiger partial charge in [-0.1, -0.05) is 94.5 Å². The Balaban J connectivity index is 2.26. The quantitative estimate of drug-likeness (QED) is 0.438. The van der Waals surface area contributed by atoms with Crippen molar-refractivity contribution in [3.8, 4) is 0 Å². The molecule has 0 saturated carbocycles. The topological polar surface area (TPSA) is 44.0 Å². The summed E-state index contributed by atoms with van der Waals surface area (Å²) >= 11 is 2.75. The zero-order valence-electron chi connectivity index (χ0n) is 18.8. The molecule has 0 spiro atoms. The van der Waals surface area contributed by atoms with E-state index >= 15 is 0 Å². The zero-order chi connectivity index (χ0) is 22.6. The van der Waals surface area contributed by atoms with Crippen LogP contribution >= 0.6 is 23.5 Å². The summed E-state index contributed by atoms with van der Waals surface area (Å²) in [7, 11) is 0. The first kappa shape index (κ1) is 23.5. The van der Waals surface area contributed by atoms with Gasteiger partial charge in [0.15, 0.2) is 0 Å². The van der Waals surface area contributed by atoms with Crippen LogP contribution in [0.4, 0.5) is 0 Å². The highest BCUT2D eigenvalue weighted by atomic mass is 32.2. The maximum Gasteiger partial charge on any atom is 0.280 e. The molecule has 0 unspecified atom stereocenters. The van der Waals surface area contributed by atoms with Crippen molar-refractivity contribution in [3.63, 3.8) is 0 Å². The normalized spacial score (nSPS) is 11.8. The van der Waals surface area contributed by atoms with Crippen LogP contribution in [0.2, 0.25) is 0 Å². The Kier molecular flexibility index (Phi) is 7.55. The zero-order valence-corrected chi connectivity index (χ0v) is 20.4. The van der Waals surface area contributed by atoms with E-state index in [-0.39, 0.29) is 22.5 Å². The average Bonchev–Trinajstić information content (AvgIpc) is 2.72. The number of nitrogens with zero attached hydrogens (tertiary/aromatic N) is 2. The van der Waals surface area contributed by atoms with Crippen molar-refractivity contribution < 1.29 is 0 Å². The summed E-state index contributed by atoms with van der Waals surface area (Å²) in [6.07, 6.45) is 0. The highest BCUT2D eigenvalue weighted by Gasteiger charge is 2.24. The molecule has 4 nitrogen and oxygen atoms in total. The summed E-state index contributed by atoms with van der Waals surface area (Å²) in [5.74, 6) is 0.241. The van der Waals surface area contributed by atoms with Crippen molar-refractivity contribution in [1.82, 2.24) is 9.36 Å². The Labute approximate surface area is 192 Å². The molecule has 0 bridgehead atoms. The van der Waals surface area contributed by atoms with Gasteiger partial charge in [0.2, 0.25) is 0 Å². The van der Waals surface area contributed by atoms with Crippen LogP contribution in [0, 0.1) is 11.3 Å². The van der Waals surface area contributed by atoms with Gasteiger partial charge in [0, 0.05) is 22.9 Å². The van der Waals surface area contributed by atoms with Crippen molar-refractivity contribution in [2.24, 2.45) is 11.3 Å². The van der Waals surface area contributed by atoms with Crippen LogP contribution < -0.4 is 11.1 Å². The molecule has 1 heterocycles. The highest BCUT2D eigenvalue weighted by Crippen LogP contribution is 2.35. The predicted octanol–water partition coefficient (Wildman–Crippen LogP) is 6.01. The lowest BCUT2D eigenvalue weighted by atomic mass is 9.97. The van der Waals surface area contributed by atoms with Gasteiger partial charge < -0.3 is 0 Å². The first-order chi connectivity index (χ1) is 14.7. The van der Waals surface area contributed by atoms with Gasteiger partial charge in [-0.3, -0.25) is 9.59 Å². The van der Waals surface area contributed by atoms with Crippen LogP contribution in [0.5, 0.6) is 0 Å². The monoisotopic (exact) mass is 454 g/mol. The van der Waals surface area contributed by atoms with E-state index in [1.807, 2.05) is 60.7 Å². The largest absolute Gasteiger partial charge is 0.280 e. The van der Waals surface area contributed by atoms with Crippen LogP contribution in [-0.2, 0) is 13.1 Å². The molecule has 0 aliphatic rings. The fourth-order valence-electron chi connectivity index (χ4n) is 3.17. The van der Waals surface area contributed by atoms with Gasteiger partial charge in [-0.25, -0.2) is 9.36 Å². The van der Waals surface area contributed by atoms with E-state index in [1.165, 1.54) is 23.5 Å². The number of rotatable bonds is 7. The molecule has 0 N–H and O–H groups in total. The second-order valence-corrected chi connectivity index (χ2v) is 11.4. The van der Waals surface area contributed by atoms with Gasteiger partial charge in [-0.15, -0.1) is 0 Å². The lowest BCUT2D eigenvalue weighted by Gasteiger charge is -2.26. The van der Waals surface area contributed by atoms with Crippen molar-refractivity contribution >= 4 is 23.5 Å². The van der Waals surface area contributed by atoms with E-state index in [0.717, 1.165) is 9.79 Å². The van der Waals surface area contributed by atoms with Gasteiger partial charge in [0.1, 0.15) is 0 Å².